The summed E-state index contributed by atoms with van der Waals surface area (Å²) in [5, 5.41) is 3.44. The van der Waals surface area contributed by atoms with Crippen LogP contribution in [0.3, 0.4) is 0 Å². The SMILES string of the molecule is Cc1c(CC(=O)Nc2ccccc2C(N)=O)c(=O)oc2cc3c(cc12)CCC(C)(C)O3. The number of nitrogens with two attached hydrogens (primary N) is 1. The molecular formula is C24H24N2O5. The minimum Gasteiger partial charge on any atom is -0.487 e. The molecule has 0 radical (unpaired) electrons. The molecular weight excluding hydrogens is 396 g/mol. The van der Waals surface area contributed by atoms with E-state index >= 15 is 0 Å². The van der Waals surface area contributed by atoms with Crippen LogP contribution >= 0.6 is 0 Å². The third-order valence-corrected chi connectivity index (χ3v) is 5.66. The van der Waals surface area contributed by atoms with E-state index in [4.69, 9.17) is 14.9 Å². The first-order valence-corrected chi connectivity index (χ1v) is 10.1. The van der Waals surface area contributed by atoms with Crippen LogP contribution in [0.5, 0.6) is 5.75 Å². The molecule has 1 aliphatic rings. The first-order chi connectivity index (χ1) is 14.6. The normalized spacial score (nSPS) is 14.5. The van der Waals surface area contributed by atoms with Crippen molar-refractivity contribution in [2.75, 3.05) is 5.32 Å². The molecule has 0 unspecified atom stereocenters. The number of carbonyl (C=O) groups is 2. The fourth-order valence-electron chi connectivity index (χ4n) is 3.90. The largest absolute Gasteiger partial charge is 0.487 e. The molecule has 1 aromatic heterocycles. The second kappa shape index (κ2) is 7.58. The zero-order chi connectivity index (χ0) is 22.3. The van der Waals surface area contributed by atoms with E-state index in [9.17, 15) is 14.4 Å². The van der Waals surface area contributed by atoms with Gasteiger partial charge in [0.2, 0.25) is 5.91 Å². The van der Waals surface area contributed by atoms with Crippen molar-refractivity contribution >= 4 is 28.5 Å². The fraction of sp³-hybridized carbons (Fsp3) is 0.292. The molecule has 3 N–H and O–H groups in total. The molecule has 2 aromatic carbocycles. The van der Waals surface area contributed by atoms with Crippen LogP contribution in [0.1, 0.15) is 47.3 Å². The Morgan fingerprint density at radius 1 is 1.19 bits per heavy atom. The summed E-state index contributed by atoms with van der Waals surface area (Å²) in [6.07, 6.45) is 1.56. The number of ether oxygens (including phenoxy) is 1. The van der Waals surface area contributed by atoms with Crippen LogP contribution in [0.4, 0.5) is 5.69 Å². The Labute approximate surface area is 179 Å². The summed E-state index contributed by atoms with van der Waals surface area (Å²) in [6.45, 7) is 5.86. The molecule has 31 heavy (non-hydrogen) atoms. The summed E-state index contributed by atoms with van der Waals surface area (Å²) in [5.74, 6) is -0.362. The lowest BCUT2D eigenvalue weighted by Crippen LogP contribution is -2.32. The smallest absolute Gasteiger partial charge is 0.340 e. The second-order valence-electron chi connectivity index (χ2n) is 8.45. The molecule has 0 aliphatic carbocycles. The lowest BCUT2D eigenvalue weighted by atomic mass is 9.92. The van der Waals surface area contributed by atoms with E-state index in [-0.39, 0.29) is 23.1 Å². The maximum absolute atomic E-state index is 12.7. The number of hydrogen-bond acceptors (Lipinski definition) is 5. The van der Waals surface area contributed by atoms with Crippen molar-refractivity contribution in [3.8, 4) is 5.75 Å². The molecule has 2 heterocycles. The van der Waals surface area contributed by atoms with Crippen molar-refractivity contribution in [2.24, 2.45) is 5.73 Å². The molecule has 7 heteroatoms. The van der Waals surface area contributed by atoms with Gasteiger partial charge in [0.1, 0.15) is 16.9 Å². The van der Waals surface area contributed by atoms with Crippen molar-refractivity contribution in [1.29, 1.82) is 0 Å². The molecule has 3 aromatic rings. The summed E-state index contributed by atoms with van der Waals surface area (Å²) < 4.78 is 11.6. The average molecular weight is 420 g/mol. The van der Waals surface area contributed by atoms with E-state index in [1.165, 1.54) is 6.07 Å². The highest BCUT2D eigenvalue weighted by Gasteiger charge is 2.28. The topological polar surface area (TPSA) is 112 Å². The summed E-state index contributed by atoms with van der Waals surface area (Å²) in [7, 11) is 0. The van der Waals surface area contributed by atoms with Crippen LogP contribution in [-0.4, -0.2) is 17.4 Å². The Bertz CT molecular complexity index is 1270. The summed E-state index contributed by atoms with van der Waals surface area (Å²) in [6, 6.07) is 10.2. The van der Waals surface area contributed by atoms with Crippen LogP contribution in [0.15, 0.2) is 45.6 Å². The van der Waals surface area contributed by atoms with Crippen LogP contribution in [-0.2, 0) is 17.6 Å². The van der Waals surface area contributed by atoms with Crippen LogP contribution in [0.25, 0.3) is 11.0 Å². The first kappa shape index (κ1) is 20.7. The standard InChI is InChI=1S/C24H24N2O5/c1-13-16-10-14-8-9-24(2,3)31-19(14)12-20(16)30-23(29)17(13)11-21(27)26-18-7-5-4-6-15(18)22(25)28/h4-7,10,12H,8-9,11H2,1-3H3,(H2,25,28)(H,26,27). The Hall–Kier alpha value is -3.61. The number of carbonyl (C=O) groups excluding carboxylic acids is 2. The van der Waals surface area contributed by atoms with Gasteiger partial charge in [-0.1, -0.05) is 12.1 Å². The van der Waals surface area contributed by atoms with Gasteiger partial charge in [0.15, 0.2) is 0 Å². The first-order valence-electron chi connectivity index (χ1n) is 10.1. The highest BCUT2D eigenvalue weighted by molar-refractivity contribution is 6.03. The highest BCUT2D eigenvalue weighted by atomic mass is 16.5. The highest BCUT2D eigenvalue weighted by Crippen LogP contribution is 2.36. The third kappa shape index (κ3) is 4.03. The predicted octanol–water partition coefficient (Wildman–Crippen LogP) is 3.49. The number of nitrogens with one attached hydrogen (secondary N) is 1. The van der Waals surface area contributed by atoms with Gasteiger partial charge in [0.25, 0.3) is 5.91 Å². The number of anilines is 1. The lowest BCUT2D eigenvalue weighted by molar-refractivity contribution is -0.115. The number of fused-ring (bicyclic) bond motifs is 2. The van der Waals surface area contributed by atoms with Gasteiger partial charge in [-0.3, -0.25) is 9.59 Å². The van der Waals surface area contributed by atoms with E-state index in [1.807, 2.05) is 19.9 Å². The minimum atomic E-state index is -0.646. The van der Waals surface area contributed by atoms with E-state index in [2.05, 4.69) is 5.32 Å². The Balaban J connectivity index is 1.66. The average Bonchev–Trinajstić information content (AvgIpc) is 2.69. The van der Waals surface area contributed by atoms with Crippen molar-refractivity contribution < 1.29 is 18.7 Å². The number of amides is 2. The maximum atomic E-state index is 12.7. The van der Waals surface area contributed by atoms with Crippen LogP contribution in [0.2, 0.25) is 0 Å². The molecule has 7 nitrogen and oxygen atoms in total. The zero-order valence-corrected chi connectivity index (χ0v) is 17.7. The summed E-state index contributed by atoms with van der Waals surface area (Å²) >= 11 is 0. The number of hydrogen-bond donors (Lipinski definition) is 2. The lowest BCUT2D eigenvalue weighted by Gasteiger charge is -2.32. The molecule has 0 fully saturated rings. The van der Waals surface area contributed by atoms with Gasteiger partial charge in [0, 0.05) is 11.5 Å². The third-order valence-electron chi connectivity index (χ3n) is 5.66. The molecule has 1 aliphatic heterocycles. The van der Waals surface area contributed by atoms with Crippen molar-refractivity contribution in [3.05, 3.63) is 69.1 Å². The summed E-state index contributed by atoms with van der Waals surface area (Å²) in [5.41, 5.74) is 7.48. The van der Waals surface area contributed by atoms with Gasteiger partial charge in [-0.05, 0) is 62.9 Å². The fourth-order valence-corrected chi connectivity index (χ4v) is 3.90. The van der Waals surface area contributed by atoms with E-state index in [1.54, 1.807) is 31.2 Å². The van der Waals surface area contributed by atoms with E-state index in [0.717, 1.165) is 29.5 Å². The van der Waals surface area contributed by atoms with Gasteiger partial charge in [0.05, 0.1) is 23.2 Å². The molecule has 0 saturated heterocycles. The zero-order valence-electron chi connectivity index (χ0n) is 17.7. The van der Waals surface area contributed by atoms with Crippen LogP contribution < -0.4 is 21.4 Å². The van der Waals surface area contributed by atoms with Gasteiger partial charge >= 0.3 is 5.63 Å². The predicted molar refractivity (Wildman–Crippen MR) is 118 cm³/mol. The minimum absolute atomic E-state index is 0.183. The van der Waals surface area contributed by atoms with Crippen molar-refractivity contribution in [2.45, 2.75) is 45.6 Å². The van der Waals surface area contributed by atoms with Crippen molar-refractivity contribution in [1.82, 2.24) is 0 Å². The van der Waals surface area contributed by atoms with Crippen molar-refractivity contribution in [3.63, 3.8) is 0 Å². The number of aryl methyl sites for hydroxylation is 2. The molecule has 2 amide bonds. The van der Waals surface area contributed by atoms with E-state index < -0.39 is 17.4 Å². The molecule has 160 valence electrons. The summed E-state index contributed by atoms with van der Waals surface area (Å²) in [4.78, 5) is 36.9. The molecule has 0 spiro atoms. The Morgan fingerprint density at radius 2 is 1.94 bits per heavy atom. The molecule has 0 bridgehead atoms. The Kier molecular flexibility index (Phi) is 5.05. The van der Waals surface area contributed by atoms with Gasteiger partial charge in [-0.15, -0.1) is 0 Å². The van der Waals surface area contributed by atoms with Crippen LogP contribution in [0, 0.1) is 6.92 Å². The van der Waals surface area contributed by atoms with E-state index in [0.29, 0.717) is 16.8 Å². The second-order valence-corrected chi connectivity index (χ2v) is 8.45. The van der Waals surface area contributed by atoms with Gasteiger partial charge < -0.3 is 20.2 Å². The molecule has 0 saturated carbocycles. The molecule has 0 atom stereocenters. The number of benzene rings is 2. The number of rotatable bonds is 4. The number of para-hydroxylation sites is 1. The molecule has 4 rings (SSSR count). The monoisotopic (exact) mass is 420 g/mol. The maximum Gasteiger partial charge on any atom is 0.340 e. The Morgan fingerprint density at radius 3 is 2.68 bits per heavy atom. The number of primary amides is 1. The quantitative estimate of drug-likeness (QED) is 0.628. The van der Waals surface area contributed by atoms with Gasteiger partial charge in [-0.2, -0.15) is 0 Å². The van der Waals surface area contributed by atoms with Gasteiger partial charge in [-0.25, -0.2) is 4.79 Å².